The molecule has 0 spiro atoms. The van der Waals surface area contributed by atoms with E-state index in [1.807, 2.05) is 0 Å². The van der Waals surface area contributed by atoms with Gasteiger partial charge in [-0.1, -0.05) is 6.92 Å². The van der Waals surface area contributed by atoms with E-state index in [4.69, 9.17) is 4.74 Å². The maximum absolute atomic E-state index is 13.2. The van der Waals surface area contributed by atoms with Crippen LogP contribution >= 0.6 is 0 Å². The molecule has 158 valence electrons. The van der Waals surface area contributed by atoms with Crippen molar-refractivity contribution in [2.24, 2.45) is 0 Å². The molecule has 9 heteroatoms. The van der Waals surface area contributed by atoms with Crippen LogP contribution in [-0.2, 0) is 14.8 Å². The predicted molar refractivity (Wildman–Crippen MR) is 106 cm³/mol. The maximum Gasteiger partial charge on any atom is 0.355 e. The van der Waals surface area contributed by atoms with E-state index in [1.54, 1.807) is 27.7 Å². The molecule has 29 heavy (non-hydrogen) atoms. The van der Waals surface area contributed by atoms with Crippen LogP contribution < -0.4 is 0 Å². The number of nitrogens with one attached hydrogen (secondary N) is 1. The van der Waals surface area contributed by atoms with Gasteiger partial charge in [0.25, 0.3) is 0 Å². The van der Waals surface area contributed by atoms with Crippen LogP contribution in [0.25, 0.3) is 0 Å². The number of H-pyrrole nitrogens is 1. The van der Waals surface area contributed by atoms with Gasteiger partial charge in [0.1, 0.15) is 11.5 Å². The number of aryl methyl sites for hydroxylation is 1. The molecule has 1 N–H and O–H groups in total. The molecule has 1 heterocycles. The molecule has 0 aliphatic heterocycles. The third kappa shape index (κ3) is 4.40. The number of sulfonamides is 1. The quantitative estimate of drug-likeness (QED) is 0.518. The minimum atomic E-state index is -4.02. The summed E-state index contributed by atoms with van der Waals surface area (Å²) in [7, 11) is -4.02. The first-order chi connectivity index (χ1) is 13.6. The molecule has 0 saturated carbocycles. The van der Waals surface area contributed by atoms with Crippen LogP contribution in [0.5, 0.6) is 0 Å². The maximum atomic E-state index is 13.2. The van der Waals surface area contributed by atoms with Gasteiger partial charge in [0.2, 0.25) is 10.0 Å². The Balaban J connectivity index is 2.42. The molecule has 7 nitrogen and oxygen atoms in total. The zero-order chi connectivity index (χ0) is 21.9. The Morgan fingerprint density at radius 2 is 1.76 bits per heavy atom. The minimum absolute atomic E-state index is 0.0415. The first-order valence-electron chi connectivity index (χ1n) is 9.24. The number of nitrogens with zero attached hydrogens (tertiary/aromatic N) is 1. The first-order valence-corrected chi connectivity index (χ1v) is 10.7. The van der Waals surface area contributed by atoms with Crippen molar-refractivity contribution in [1.82, 2.24) is 9.29 Å². The average Bonchev–Trinajstić information content (AvgIpc) is 2.96. The standard InChI is InChI=1S/C20H25FN2O5S/c1-6-23(29(26,27)16-10-8-15(21)9-11-16)14(5)19(24)17-12(3)18(22-13(17)4)20(25)28-7-2/h8-11,14,22H,6-7H2,1-5H3/t14-/m1/s1. The number of halogens is 1. The molecule has 1 aromatic heterocycles. The van der Waals surface area contributed by atoms with Crippen LogP contribution in [-0.4, -0.2) is 48.7 Å². The molecule has 2 rings (SSSR count). The first kappa shape index (κ1) is 22.8. The highest BCUT2D eigenvalue weighted by Crippen LogP contribution is 2.25. The summed E-state index contributed by atoms with van der Waals surface area (Å²) in [6, 6.07) is 3.41. The van der Waals surface area contributed by atoms with Gasteiger partial charge in [0, 0.05) is 17.8 Å². The van der Waals surface area contributed by atoms with E-state index in [0.717, 1.165) is 28.6 Å². The van der Waals surface area contributed by atoms with Gasteiger partial charge in [-0.25, -0.2) is 17.6 Å². The van der Waals surface area contributed by atoms with Gasteiger partial charge in [-0.15, -0.1) is 0 Å². The van der Waals surface area contributed by atoms with Crippen molar-refractivity contribution in [2.45, 2.75) is 45.6 Å². The summed E-state index contributed by atoms with van der Waals surface area (Å²) in [5, 5.41) is 0. The number of aromatic amines is 1. The van der Waals surface area contributed by atoms with Crippen LogP contribution in [0.1, 0.15) is 52.9 Å². The molecule has 0 bridgehead atoms. The van der Waals surface area contributed by atoms with E-state index >= 15 is 0 Å². The Morgan fingerprint density at radius 3 is 2.28 bits per heavy atom. The van der Waals surface area contributed by atoms with Gasteiger partial charge in [0.05, 0.1) is 17.5 Å². The van der Waals surface area contributed by atoms with Gasteiger partial charge in [-0.3, -0.25) is 4.79 Å². The number of likely N-dealkylation sites (N-methyl/N-ethyl adjacent to an activating group) is 1. The molecule has 2 aromatic rings. The number of ketones is 1. The summed E-state index contributed by atoms with van der Waals surface area (Å²) < 4.78 is 45.2. The minimum Gasteiger partial charge on any atom is -0.461 e. The van der Waals surface area contributed by atoms with Crippen molar-refractivity contribution in [2.75, 3.05) is 13.2 Å². The fourth-order valence-electron chi connectivity index (χ4n) is 3.26. The number of aromatic nitrogens is 1. The van der Waals surface area contributed by atoms with Crippen molar-refractivity contribution in [3.8, 4) is 0 Å². The van der Waals surface area contributed by atoms with E-state index in [2.05, 4.69) is 4.98 Å². The lowest BCUT2D eigenvalue weighted by Crippen LogP contribution is -2.43. The number of rotatable bonds is 8. The Hall–Kier alpha value is -2.52. The van der Waals surface area contributed by atoms with Crippen LogP contribution in [0.2, 0.25) is 0 Å². The normalized spacial score (nSPS) is 12.8. The molecule has 0 aliphatic carbocycles. The molecular weight excluding hydrogens is 399 g/mol. The van der Waals surface area contributed by atoms with Gasteiger partial charge in [0.15, 0.2) is 5.78 Å². The van der Waals surface area contributed by atoms with Crippen LogP contribution in [0.3, 0.4) is 0 Å². The highest BCUT2D eigenvalue weighted by Gasteiger charge is 2.34. The Bertz CT molecular complexity index is 1010. The molecule has 1 atom stereocenters. The van der Waals surface area contributed by atoms with Gasteiger partial charge >= 0.3 is 5.97 Å². The lowest BCUT2D eigenvalue weighted by molar-refractivity contribution is 0.0519. The molecule has 0 radical (unpaired) electrons. The van der Waals surface area contributed by atoms with Crippen molar-refractivity contribution in [3.63, 3.8) is 0 Å². The summed E-state index contributed by atoms with van der Waals surface area (Å²) >= 11 is 0. The zero-order valence-electron chi connectivity index (χ0n) is 17.1. The number of carbonyl (C=O) groups excluding carboxylic acids is 2. The zero-order valence-corrected chi connectivity index (χ0v) is 17.9. The molecule has 1 aromatic carbocycles. The second-order valence-electron chi connectivity index (χ2n) is 6.55. The van der Waals surface area contributed by atoms with E-state index in [0.29, 0.717) is 11.3 Å². The lowest BCUT2D eigenvalue weighted by Gasteiger charge is -2.26. The molecular formula is C20H25FN2O5S. The van der Waals surface area contributed by atoms with E-state index < -0.39 is 33.6 Å². The number of carbonyl (C=O) groups is 2. The van der Waals surface area contributed by atoms with E-state index in [9.17, 15) is 22.4 Å². The second-order valence-corrected chi connectivity index (χ2v) is 8.44. The summed E-state index contributed by atoms with van der Waals surface area (Å²) in [6.07, 6.45) is 0. The van der Waals surface area contributed by atoms with Crippen LogP contribution in [0, 0.1) is 19.7 Å². The fourth-order valence-corrected chi connectivity index (χ4v) is 4.86. The van der Waals surface area contributed by atoms with E-state index in [-0.39, 0.29) is 29.3 Å². The molecule has 0 fully saturated rings. The van der Waals surface area contributed by atoms with Crippen LogP contribution in [0.4, 0.5) is 4.39 Å². The number of ether oxygens (including phenoxy) is 1. The Morgan fingerprint density at radius 1 is 1.17 bits per heavy atom. The molecule has 0 amide bonds. The van der Waals surface area contributed by atoms with Gasteiger partial charge in [-0.2, -0.15) is 4.31 Å². The van der Waals surface area contributed by atoms with Crippen molar-refractivity contribution in [1.29, 1.82) is 0 Å². The summed E-state index contributed by atoms with van der Waals surface area (Å²) in [6.45, 7) is 8.27. The van der Waals surface area contributed by atoms with Crippen molar-refractivity contribution in [3.05, 3.63) is 52.6 Å². The largest absolute Gasteiger partial charge is 0.461 e. The number of Topliss-reactive ketones (excluding diaryl/α,β-unsaturated/α-hetero) is 1. The number of hydrogen-bond acceptors (Lipinski definition) is 5. The van der Waals surface area contributed by atoms with Crippen LogP contribution in [0.15, 0.2) is 29.2 Å². The Kier molecular flexibility index (Phi) is 6.97. The second kappa shape index (κ2) is 8.87. The van der Waals surface area contributed by atoms with E-state index in [1.165, 1.54) is 6.92 Å². The van der Waals surface area contributed by atoms with Crippen molar-refractivity contribution >= 4 is 21.8 Å². The SMILES string of the molecule is CCOC(=O)c1[nH]c(C)c(C(=O)[C@@H](C)N(CC)S(=O)(=O)c2ccc(F)cc2)c1C. The summed E-state index contributed by atoms with van der Waals surface area (Å²) in [4.78, 5) is 28.0. The molecule has 0 unspecified atom stereocenters. The van der Waals surface area contributed by atoms with Gasteiger partial charge in [-0.05, 0) is 57.5 Å². The topological polar surface area (TPSA) is 96.5 Å². The molecule has 0 aliphatic rings. The monoisotopic (exact) mass is 424 g/mol. The average molecular weight is 424 g/mol. The number of hydrogen-bond donors (Lipinski definition) is 1. The summed E-state index contributed by atoms with van der Waals surface area (Å²) in [5.41, 5.74) is 1.29. The molecule has 0 saturated heterocycles. The third-order valence-corrected chi connectivity index (χ3v) is 6.77. The lowest BCUT2D eigenvalue weighted by atomic mass is 10.0. The fraction of sp³-hybridized carbons (Fsp3) is 0.400. The van der Waals surface area contributed by atoms with Crippen molar-refractivity contribution < 1.29 is 27.1 Å². The number of esters is 1. The summed E-state index contributed by atoms with van der Waals surface area (Å²) in [5.74, 6) is -1.58. The Labute approximate surface area is 169 Å². The smallest absolute Gasteiger partial charge is 0.355 e. The number of benzene rings is 1. The third-order valence-electron chi connectivity index (χ3n) is 4.71. The van der Waals surface area contributed by atoms with Gasteiger partial charge < -0.3 is 9.72 Å². The highest BCUT2D eigenvalue weighted by atomic mass is 32.2. The highest BCUT2D eigenvalue weighted by molar-refractivity contribution is 7.89. The predicted octanol–water partition coefficient (Wildman–Crippen LogP) is 3.23.